The van der Waals surface area contributed by atoms with Crippen molar-refractivity contribution < 1.29 is 14.3 Å². The van der Waals surface area contributed by atoms with E-state index in [2.05, 4.69) is 11.9 Å². The fourth-order valence-corrected chi connectivity index (χ4v) is 2.15. The van der Waals surface area contributed by atoms with Crippen LogP contribution in [0, 0.1) is 0 Å². The van der Waals surface area contributed by atoms with Gasteiger partial charge in [0.05, 0.1) is 6.61 Å². The van der Waals surface area contributed by atoms with Crippen LogP contribution in [0.2, 0.25) is 0 Å². The van der Waals surface area contributed by atoms with Gasteiger partial charge >= 0.3 is 0 Å². The van der Waals surface area contributed by atoms with E-state index in [0.717, 1.165) is 31.4 Å². The molecule has 108 valence electrons. The van der Waals surface area contributed by atoms with E-state index in [1.165, 1.54) is 0 Å². The zero-order valence-corrected chi connectivity index (χ0v) is 11.6. The molecule has 4 heteroatoms. The summed E-state index contributed by atoms with van der Waals surface area (Å²) >= 11 is 0. The van der Waals surface area contributed by atoms with Gasteiger partial charge in [0, 0.05) is 18.7 Å². The van der Waals surface area contributed by atoms with Gasteiger partial charge in [-0.25, -0.2) is 0 Å². The van der Waals surface area contributed by atoms with Gasteiger partial charge in [-0.15, -0.1) is 6.58 Å². The lowest BCUT2D eigenvalue weighted by Gasteiger charge is -2.23. The maximum atomic E-state index is 12.0. The number of benzene rings is 1. The molecule has 1 aromatic rings. The zero-order chi connectivity index (χ0) is 14.2. The molecule has 1 unspecified atom stereocenters. The van der Waals surface area contributed by atoms with Gasteiger partial charge in [0.15, 0.2) is 6.29 Å². The van der Waals surface area contributed by atoms with Crippen LogP contribution in [0.4, 0.5) is 0 Å². The summed E-state index contributed by atoms with van der Waals surface area (Å²) < 4.78 is 11.3. The van der Waals surface area contributed by atoms with Crippen molar-refractivity contribution >= 4 is 5.91 Å². The smallest absolute Gasteiger partial charge is 0.251 e. The minimum absolute atomic E-state index is 0.103. The Labute approximate surface area is 119 Å². The number of ether oxygens (including phenoxy) is 2. The Morgan fingerprint density at radius 3 is 3.05 bits per heavy atom. The highest BCUT2D eigenvalue weighted by Crippen LogP contribution is 2.17. The molecule has 4 nitrogen and oxygen atoms in total. The summed E-state index contributed by atoms with van der Waals surface area (Å²) in [5.41, 5.74) is 1.52. The van der Waals surface area contributed by atoms with Crippen LogP contribution < -0.4 is 5.32 Å². The van der Waals surface area contributed by atoms with Crippen LogP contribution >= 0.6 is 0 Å². The Morgan fingerprint density at radius 1 is 1.45 bits per heavy atom. The van der Waals surface area contributed by atoms with Gasteiger partial charge in [0.25, 0.3) is 5.91 Å². The topological polar surface area (TPSA) is 47.6 Å². The Balaban J connectivity index is 1.96. The van der Waals surface area contributed by atoms with E-state index < -0.39 is 0 Å². The summed E-state index contributed by atoms with van der Waals surface area (Å²) in [4.78, 5) is 12.0. The molecule has 20 heavy (non-hydrogen) atoms. The molecular formula is C16H21NO3. The monoisotopic (exact) mass is 275 g/mol. The van der Waals surface area contributed by atoms with E-state index in [0.29, 0.717) is 18.7 Å². The second-order valence-electron chi connectivity index (χ2n) is 4.76. The summed E-state index contributed by atoms with van der Waals surface area (Å²) in [7, 11) is 0. The molecule has 0 radical (unpaired) electrons. The van der Waals surface area contributed by atoms with Crippen molar-refractivity contribution in [1.82, 2.24) is 5.32 Å². The van der Waals surface area contributed by atoms with E-state index >= 15 is 0 Å². The molecule has 1 aliphatic heterocycles. The molecule has 1 aliphatic rings. The molecule has 0 aromatic heterocycles. The van der Waals surface area contributed by atoms with E-state index in [-0.39, 0.29) is 12.2 Å². The van der Waals surface area contributed by atoms with E-state index in [4.69, 9.17) is 9.47 Å². The molecule has 1 aromatic carbocycles. The predicted molar refractivity (Wildman–Crippen MR) is 77.4 cm³/mol. The maximum absolute atomic E-state index is 12.0. The number of hydrogen-bond donors (Lipinski definition) is 1. The summed E-state index contributed by atoms with van der Waals surface area (Å²) in [5.74, 6) is -0.103. The first kappa shape index (κ1) is 14.8. The van der Waals surface area contributed by atoms with E-state index in [1.807, 2.05) is 18.2 Å². The van der Waals surface area contributed by atoms with Gasteiger partial charge in [0.1, 0.15) is 0 Å². The van der Waals surface area contributed by atoms with Crippen molar-refractivity contribution in [2.75, 3.05) is 13.2 Å². The molecule has 1 atom stereocenters. The van der Waals surface area contributed by atoms with E-state index in [1.54, 1.807) is 12.1 Å². The Bertz CT molecular complexity index is 453. The predicted octanol–water partition coefficient (Wildman–Crippen LogP) is 2.65. The first-order chi connectivity index (χ1) is 9.81. The van der Waals surface area contributed by atoms with Gasteiger partial charge in [-0.2, -0.15) is 0 Å². The van der Waals surface area contributed by atoms with Gasteiger partial charge in [-0.1, -0.05) is 24.3 Å². The lowest BCUT2D eigenvalue weighted by Crippen LogP contribution is -2.26. The Hall–Kier alpha value is -1.65. The van der Waals surface area contributed by atoms with Crippen molar-refractivity contribution in [3.8, 4) is 0 Å². The van der Waals surface area contributed by atoms with Crippen LogP contribution in [0.25, 0.3) is 0 Å². The number of hydrogen-bond acceptors (Lipinski definition) is 3. The van der Waals surface area contributed by atoms with Crippen LogP contribution in [0.3, 0.4) is 0 Å². The molecule has 1 amide bonds. The average molecular weight is 275 g/mol. The van der Waals surface area contributed by atoms with Crippen LogP contribution in [-0.4, -0.2) is 25.3 Å². The van der Waals surface area contributed by atoms with Gasteiger partial charge in [0.2, 0.25) is 0 Å². The maximum Gasteiger partial charge on any atom is 0.251 e. The number of carbonyl (C=O) groups excluding carboxylic acids is 1. The van der Waals surface area contributed by atoms with Crippen LogP contribution in [0.15, 0.2) is 36.9 Å². The van der Waals surface area contributed by atoms with Crippen molar-refractivity contribution in [2.45, 2.75) is 32.2 Å². The highest BCUT2D eigenvalue weighted by molar-refractivity contribution is 5.95. The van der Waals surface area contributed by atoms with Gasteiger partial charge in [-0.3, -0.25) is 4.79 Å². The molecule has 1 saturated heterocycles. The molecule has 0 bridgehead atoms. The third-order valence-corrected chi connectivity index (χ3v) is 3.23. The molecule has 0 saturated carbocycles. The lowest BCUT2D eigenvalue weighted by molar-refractivity contribution is -0.168. The molecule has 2 rings (SSSR count). The fraction of sp³-hybridized carbons (Fsp3) is 0.438. The largest absolute Gasteiger partial charge is 0.353 e. The third-order valence-electron chi connectivity index (χ3n) is 3.23. The van der Waals surface area contributed by atoms with Crippen molar-refractivity contribution in [3.05, 3.63) is 48.0 Å². The SMILES string of the molecule is C=CCNC(=O)c1ccccc1COC1CCCCO1. The highest BCUT2D eigenvalue weighted by Gasteiger charge is 2.16. The summed E-state index contributed by atoms with van der Waals surface area (Å²) in [6.45, 7) is 5.20. The van der Waals surface area contributed by atoms with Gasteiger partial charge in [-0.05, 0) is 30.9 Å². The first-order valence-electron chi connectivity index (χ1n) is 7.01. The molecule has 1 fully saturated rings. The van der Waals surface area contributed by atoms with E-state index in [9.17, 15) is 4.79 Å². The molecule has 1 heterocycles. The molecular weight excluding hydrogens is 254 g/mol. The number of rotatable bonds is 6. The summed E-state index contributed by atoms with van der Waals surface area (Å²) in [6.07, 6.45) is 4.66. The van der Waals surface area contributed by atoms with Crippen molar-refractivity contribution in [1.29, 1.82) is 0 Å². The Morgan fingerprint density at radius 2 is 2.30 bits per heavy atom. The zero-order valence-electron chi connectivity index (χ0n) is 11.6. The van der Waals surface area contributed by atoms with Gasteiger partial charge < -0.3 is 14.8 Å². The summed E-state index contributed by atoms with van der Waals surface area (Å²) in [5, 5.41) is 2.78. The molecule has 0 aliphatic carbocycles. The molecule has 0 spiro atoms. The lowest BCUT2D eigenvalue weighted by atomic mass is 10.1. The van der Waals surface area contributed by atoms with Crippen LogP contribution in [-0.2, 0) is 16.1 Å². The summed E-state index contributed by atoms with van der Waals surface area (Å²) in [6, 6.07) is 7.47. The standard InChI is InChI=1S/C16H21NO3/c1-2-10-17-16(18)14-8-4-3-7-13(14)12-20-15-9-5-6-11-19-15/h2-4,7-8,15H,1,5-6,9-12H2,(H,17,18). The number of carbonyl (C=O) groups is 1. The quantitative estimate of drug-likeness (QED) is 0.812. The number of nitrogens with one attached hydrogen (secondary N) is 1. The minimum atomic E-state index is -0.145. The van der Waals surface area contributed by atoms with Crippen LogP contribution in [0.1, 0.15) is 35.2 Å². The fourth-order valence-electron chi connectivity index (χ4n) is 2.15. The molecule has 1 N–H and O–H groups in total. The van der Waals surface area contributed by atoms with Crippen molar-refractivity contribution in [2.24, 2.45) is 0 Å². The first-order valence-corrected chi connectivity index (χ1v) is 7.01. The second-order valence-corrected chi connectivity index (χ2v) is 4.76. The Kier molecular flexibility index (Phi) is 5.77. The second kappa shape index (κ2) is 7.82. The highest BCUT2D eigenvalue weighted by atomic mass is 16.7. The van der Waals surface area contributed by atoms with Crippen LogP contribution in [0.5, 0.6) is 0 Å². The van der Waals surface area contributed by atoms with Crippen molar-refractivity contribution in [3.63, 3.8) is 0 Å². The normalized spacial score (nSPS) is 18.5. The minimum Gasteiger partial charge on any atom is -0.353 e. The third kappa shape index (κ3) is 4.18. The number of amides is 1. The average Bonchev–Trinajstić information content (AvgIpc) is 2.52.